The molecule has 1 amide bonds. The maximum atomic E-state index is 12.7. The Hall–Kier alpha value is -4.01. The molecule has 3 aromatic rings. The third kappa shape index (κ3) is 7.23. The molecule has 35 heavy (non-hydrogen) atoms. The molecule has 0 fully saturated rings. The molecule has 6 heteroatoms. The van der Waals surface area contributed by atoms with E-state index >= 15 is 0 Å². The van der Waals surface area contributed by atoms with Gasteiger partial charge < -0.3 is 14.8 Å². The first kappa shape index (κ1) is 25.6. The molecular formula is C29H27ClN2O3. The minimum Gasteiger partial charge on any atom is -0.490 e. The third-order valence-corrected chi connectivity index (χ3v) is 5.35. The van der Waals surface area contributed by atoms with Gasteiger partial charge in [-0.25, -0.2) is 0 Å². The summed E-state index contributed by atoms with van der Waals surface area (Å²) < 4.78 is 12.0. The van der Waals surface area contributed by atoms with E-state index in [2.05, 4.69) is 11.9 Å². The Bertz CT molecular complexity index is 1260. The van der Waals surface area contributed by atoms with Crippen LogP contribution in [0.1, 0.15) is 29.2 Å². The lowest BCUT2D eigenvalue weighted by Crippen LogP contribution is -2.13. The SMILES string of the molecule is C=CCc1cc(/C=C(\C#N)C(=O)Nc2ccc(Cl)cc2)cc(OCC)c1OCc1ccc(C)cc1. The first-order chi connectivity index (χ1) is 16.9. The number of ether oxygens (including phenoxy) is 2. The monoisotopic (exact) mass is 486 g/mol. The normalized spacial score (nSPS) is 10.9. The standard InChI is InChI=1S/C29H27ClN2O3/c1-4-6-23-15-22(16-24(18-31)29(33)32-26-13-11-25(30)12-14-26)17-27(34-5-2)28(23)35-19-21-9-7-20(3)8-10-21/h4,7-17H,1,5-6,19H2,2-3H3,(H,32,33)/b24-16+. The van der Waals surface area contributed by atoms with Crippen molar-refractivity contribution in [2.45, 2.75) is 26.9 Å². The van der Waals surface area contributed by atoms with Crippen LogP contribution in [0.25, 0.3) is 6.08 Å². The molecule has 0 aliphatic carbocycles. The van der Waals surface area contributed by atoms with Gasteiger partial charge >= 0.3 is 0 Å². The summed E-state index contributed by atoms with van der Waals surface area (Å²) in [6, 6.07) is 20.4. The average molecular weight is 487 g/mol. The molecule has 0 aliphatic rings. The third-order valence-electron chi connectivity index (χ3n) is 5.10. The second-order valence-corrected chi connectivity index (χ2v) is 8.27. The average Bonchev–Trinajstić information content (AvgIpc) is 2.85. The van der Waals surface area contributed by atoms with E-state index in [0.717, 1.165) is 11.1 Å². The molecule has 0 aromatic heterocycles. The molecule has 0 unspecified atom stereocenters. The number of aryl methyl sites for hydroxylation is 1. The molecule has 0 aliphatic heterocycles. The summed E-state index contributed by atoms with van der Waals surface area (Å²) >= 11 is 5.90. The zero-order valence-electron chi connectivity index (χ0n) is 19.8. The summed E-state index contributed by atoms with van der Waals surface area (Å²) in [5, 5.41) is 12.9. The van der Waals surface area contributed by atoms with E-state index in [1.807, 2.05) is 50.2 Å². The summed E-state index contributed by atoms with van der Waals surface area (Å²) in [6.07, 6.45) is 3.84. The number of nitriles is 1. The summed E-state index contributed by atoms with van der Waals surface area (Å²) in [4.78, 5) is 12.7. The van der Waals surface area contributed by atoms with Gasteiger partial charge in [-0.15, -0.1) is 6.58 Å². The quantitative estimate of drug-likeness (QED) is 0.192. The predicted octanol–water partition coefficient (Wildman–Crippen LogP) is 6.90. The van der Waals surface area contributed by atoms with E-state index in [4.69, 9.17) is 21.1 Å². The minimum atomic E-state index is -0.516. The van der Waals surface area contributed by atoms with Crippen LogP contribution in [-0.4, -0.2) is 12.5 Å². The van der Waals surface area contributed by atoms with Gasteiger partial charge in [0, 0.05) is 16.3 Å². The Kier molecular flexibility index (Phi) is 9.11. The Labute approximate surface area is 211 Å². The first-order valence-corrected chi connectivity index (χ1v) is 11.6. The lowest BCUT2D eigenvalue weighted by Gasteiger charge is -2.17. The van der Waals surface area contributed by atoms with Crippen LogP contribution >= 0.6 is 11.6 Å². The number of amides is 1. The number of carbonyl (C=O) groups excluding carboxylic acids is 1. The van der Waals surface area contributed by atoms with Gasteiger partial charge in [0.2, 0.25) is 0 Å². The number of nitrogens with zero attached hydrogens (tertiary/aromatic N) is 1. The maximum Gasteiger partial charge on any atom is 0.266 e. The first-order valence-electron chi connectivity index (χ1n) is 11.2. The minimum absolute atomic E-state index is 0.0414. The maximum absolute atomic E-state index is 12.7. The van der Waals surface area contributed by atoms with Gasteiger partial charge in [0.05, 0.1) is 6.61 Å². The number of rotatable bonds is 10. The second kappa shape index (κ2) is 12.5. The Morgan fingerprint density at radius 1 is 1.11 bits per heavy atom. The van der Waals surface area contributed by atoms with Gasteiger partial charge in [0.25, 0.3) is 5.91 Å². The zero-order valence-corrected chi connectivity index (χ0v) is 20.6. The van der Waals surface area contributed by atoms with E-state index in [1.54, 1.807) is 36.4 Å². The predicted molar refractivity (Wildman–Crippen MR) is 141 cm³/mol. The fourth-order valence-electron chi connectivity index (χ4n) is 3.39. The van der Waals surface area contributed by atoms with Gasteiger partial charge in [-0.3, -0.25) is 4.79 Å². The van der Waals surface area contributed by atoms with Gasteiger partial charge in [-0.1, -0.05) is 47.5 Å². The van der Waals surface area contributed by atoms with Gasteiger partial charge in [-0.05, 0) is 73.9 Å². The number of hydrogen-bond acceptors (Lipinski definition) is 4. The highest BCUT2D eigenvalue weighted by atomic mass is 35.5. The fraction of sp³-hybridized carbons (Fsp3) is 0.172. The molecule has 5 nitrogen and oxygen atoms in total. The van der Waals surface area contributed by atoms with Crippen molar-refractivity contribution in [3.05, 3.63) is 106 Å². The van der Waals surface area contributed by atoms with Crippen molar-refractivity contribution in [3.63, 3.8) is 0 Å². The second-order valence-electron chi connectivity index (χ2n) is 7.84. The number of anilines is 1. The number of allylic oxidation sites excluding steroid dienone is 1. The van der Waals surface area contributed by atoms with Gasteiger partial charge in [0.15, 0.2) is 11.5 Å². The molecular weight excluding hydrogens is 460 g/mol. The van der Waals surface area contributed by atoms with Crippen molar-refractivity contribution < 1.29 is 14.3 Å². The van der Waals surface area contributed by atoms with E-state index in [0.29, 0.717) is 47.4 Å². The Morgan fingerprint density at radius 3 is 2.46 bits per heavy atom. The van der Waals surface area contributed by atoms with E-state index < -0.39 is 5.91 Å². The molecule has 1 N–H and O–H groups in total. The van der Waals surface area contributed by atoms with Crippen LogP contribution in [0, 0.1) is 18.3 Å². The smallest absolute Gasteiger partial charge is 0.266 e. The molecule has 0 spiro atoms. The molecule has 178 valence electrons. The van der Waals surface area contributed by atoms with Crippen LogP contribution in [0.5, 0.6) is 11.5 Å². The number of halogens is 1. The Balaban J connectivity index is 1.91. The number of hydrogen-bond donors (Lipinski definition) is 1. The highest BCUT2D eigenvalue weighted by Crippen LogP contribution is 2.35. The lowest BCUT2D eigenvalue weighted by atomic mass is 10.0. The van der Waals surface area contributed by atoms with Crippen LogP contribution < -0.4 is 14.8 Å². The molecule has 0 atom stereocenters. The zero-order chi connectivity index (χ0) is 25.2. The van der Waals surface area contributed by atoms with Crippen molar-refractivity contribution in [2.24, 2.45) is 0 Å². The summed E-state index contributed by atoms with van der Waals surface area (Å²) in [6.45, 7) is 8.59. The number of benzene rings is 3. The van der Waals surface area contributed by atoms with E-state index in [-0.39, 0.29) is 5.57 Å². The molecule has 0 saturated carbocycles. The summed E-state index contributed by atoms with van der Waals surface area (Å²) in [5.41, 5.74) is 4.22. The van der Waals surface area contributed by atoms with Crippen LogP contribution in [-0.2, 0) is 17.8 Å². The summed E-state index contributed by atoms with van der Waals surface area (Å²) in [7, 11) is 0. The van der Waals surface area contributed by atoms with Crippen LogP contribution in [0.3, 0.4) is 0 Å². The Morgan fingerprint density at radius 2 is 1.83 bits per heavy atom. The van der Waals surface area contributed by atoms with Crippen molar-refractivity contribution >= 4 is 29.3 Å². The van der Waals surface area contributed by atoms with Crippen molar-refractivity contribution in [2.75, 3.05) is 11.9 Å². The topological polar surface area (TPSA) is 71.4 Å². The molecule has 3 aromatic carbocycles. The molecule has 0 heterocycles. The highest BCUT2D eigenvalue weighted by Gasteiger charge is 2.15. The number of carbonyl (C=O) groups is 1. The molecule has 0 radical (unpaired) electrons. The molecule has 0 saturated heterocycles. The summed E-state index contributed by atoms with van der Waals surface area (Å²) in [5.74, 6) is 0.645. The van der Waals surface area contributed by atoms with Crippen molar-refractivity contribution in [1.82, 2.24) is 0 Å². The van der Waals surface area contributed by atoms with Crippen molar-refractivity contribution in [1.29, 1.82) is 5.26 Å². The highest BCUT2D eigenvalue weighted by molar-refractivity contribution is 6.30. The largest absolute Gasteiger partial charge is 0.490 e. The molecule has 0 bridgehead atoms. The lowest BCUT2D eigenvalue weighted by molar-refractivity contribution is -0.112. The van der Waals surface area contributed by atoms with E-state index in [1.165, 1.54) is 11.6 Å². The van der Waals surface area contributed by atoms with Gasteiger partial charge in [0.1, 0.15) is 18.2 Å². The van der Waals surface area contributed by atoms with E-state index in [9.17, 15) is 10.1 Å². The number of nitrogens with one attached hydrogen (secondary N) is 1. The van der Waals surface area contributed by atoms with Crippen LogP contribution in [0.15, 0.2) is 78.9 Å². The van der Waals surface area contributed by atoms with Crippen LogP contribution in [0.4, 0.5) is 5.69 Å². The fourth-order valence-corrected chi connectivity index (χ4v) is 3.51. The molecule has 3 rings (SSSR count). The van der Waals surface area contributed by atoms with Crippen LogP contribution in [0.2, 0.25) is 5.02 Å². The van der Waals surface area contributed by atoms with Crippen molar-refractivity contribution in [3.8, 4) is 17.6 Å². The van der Waals surface area contributed by atoms with Gasteiger partial charge in [-0.2, -0.15) is 5.26 Å².